The standard InChI is InChI=1S/C17H20ClN5O2/c18-14-10-15(21-12-20-14)22-6-8-23(9-7-22)16(24)11-19-17(25)13-4-2-1-3-5-13/h1-5,10,12,16,24H,6-9,11H2,(H,19,25). The Labute approximate surface area is 151 Å². The fourth-order valence-corrected chi connectivity index (χ4v) is 2.89. The number of halogens is 1. The predicted octanol–water partition coefficient (Wildman–Crippen LogP) is 1.00. The summed E-state index contributed by atoms with van der Waals surface area (Å²) in [4.78, 5) is 24.2. The van der Waals surface area contributed by atoms with Gasteiger partial charge in [-0.05, 0) is 12.1 Å². The van der Waals surface area contributed by atoms with Gasteiger partial charge in [-0.25, -0.2) is 9.97 Å². The molecule has 0 spiro atoms. The van der Waals surface area contributed by atoms with Crippen LogP contribution in [0.5, 0.6) is 0 Å². The highest BCUT2D eigenvalue weighted by Gasteiger charge is 2.23. The third-order valence-corrected chi connectivity index (χ3v) is 4.37. The van der Waals surface area contributed by atoms with E-state index in [-0.39, 0.29) is 12.5 Å². The fourth-order valence-electron chi connectivity index (χ4n) is 2.75. The Hall–Kier alpha value is -2.22. The van der Waals surface area contributed by atoms with Gasteiger partial charge in [0.1, 0.15) is 23.5 Å². The van der Waals surface area contributed by atoms with Crippen LogP contribution in [0.15, 0.2) is 42.7 Å². The number of hydrogen-bond acceptors (Lipinski definition) is 6. The van der Waals surface area contributed by atoms with Crippen molar-refractivity contribution in [3.8, 4) is 0 Å². The summed E-state index contributed by atoms with van der Waals surface area (Å²) in [6.07, 6.45) is 0.724. The van der Waals surface area contributed by atoms with Crippen LogP contribution in [0.2, 0.25) is 5.15 Å². The molecule has 1 atom stereocenters. The molecule has 0 aliphatic carbocycles. The number of hydrogen-bond donors (Lipinski definition) is 2. The monoisotopic (exact) mass is 361 g/mol. The predicted molar refractivity (Wildman–Crippen MR) is 95.6 cm³/mol. The number of aliphatic hydroxyl groups excluding tert-OH is 1. The lowest BCUT2D eigenvalue weighted by atomic mass is 10.2. The van der Waals surface area contributed by atoms with Crippen molar-refractivity contribution >= 4 is 23.3 Å². The second-order valence-corrected chi connectivity index (χ2v) is 6.17. The van der Waals surface area contributed by atoms with Crippen LogP contribution in [0.3, 0.4) is 0 Å². The number of amides is 1. The van der Waals surface area contributed by atoms with E-state index < -0.39 is 6.23 Å². The molecule has 1 saturated heterocycles. The molecular formula is C17H20ClN5O2. The Balaban J connectivity index is 1.47. The highest BCUT2D eigenvalue weighted by Crippen LogP contribution is 2.16. The summed E-state index contributed by atoms with van der Waals surface area (Å²) in [6, 6.07) is 10.7. The average molecular weight is 362 g/mol. The van der Waals surface area contributed by atoms with E-state index in [1.165, 1.54) is 6.33 Å². The number of aliphatic hydroxyl groups is 1. The largest absolute Gasteiger partial charge is 0.377 e. The Morgan fingerprint density at radius 1 is 1.20 bits per heavy atom. The van der Waals surface area contributed by atoms with Crippen LogP contribution in [0, 0.1) is 0 Å². The second-order valence-electron chi connectivity index (χ2n) is 5.78. The van der Waals surface area contributed by atoms with E-state index in [4.69, 9.17) is 11.6 Å². The summed E-state index contributed by atoms with van der Waals surface area (Å²) in [5.74, 6) is 0.598. The number of rotatable bonds is 5. The molecule has 0 saturated carbocycles. The van der Waals surface area contributed by atoms with Crippen LogP contribution in [-0.2, 0) is 0 Å². The van der Waals surface area contributed by atoms with Crippen molar-refractivity contribution in [3.63, 3.8) is 0 Å². The molecule has 1 aliphatic rings. The maximum atomic E-state index is 12.0. The Morgan fingerprint density at radius 3 is 2.60 bits per heavy atom. The van der Waals surface area contributed by atoms with Crippen molar-refractivity contribution in [1.82, 2.24) is 20.2 Å². The van der Waals surface area contributed by atoms with Gasteiger partial charge in [-0.2, -0.15) is 0 Å². The molecular weight excluding hydrogens is 342 g/mol. The molecule has 1 aromatic heterocycles. The number of benzene rings is 1. The minimum absolute atomic E-state index is 0.186. The summed E-state index contributed by atoms with van der Waals surface area (Å²) in [6.45, 7) is 2.97. The van der Waals surface area contributed by atoms with Crippen molar-refractivity contribution < 1.29 is 9.90 Å². The molecule has 25 heavy (non-hydrogen) atoms. The van der Waals surface area contributed by atoms with Gasteiger partial charge in [-0.1, -0.05) is 29.8 Å². The number of piperazine rings is 1. The maximum Gasteiger partial charge on any atom is 0.251 e. The van der Waals surface area contributed by atoms with Gasteiger partial charge in [0.15, 0.2) is 0 Å². The van der Waals surface area contributed by atoms with Gasteiger partial charge >= 0.3 is 0 Å². The van der Waals surface area contributed by atoms with Crippen molar-refractivity contribution in [2.45, 2.75) is 6.23 Å². The second kappa shape index (κ2) is 8.24. The third-order valence-electron chi connectivity index (χ3n) is 4.16. The molecule has 0 bridgehead atoms. The van der Waals surface area contributed by atoms with E-state index in [1.807, 2.05) is 23.1 Å². The molecule has 1 aromatic carbocycles. The zero-order chi connectivity index (χ0) is 17.6. The summed E-state index contributed by atoms with van der Waals surface area (Å²) in [5.41, 5.74) is 0.583. The zero-order valence-corrected chi connectivity index (χ0v) is 14.4. The first-order valence-electron chi connectivity index (χ1n) is 8.11. The lowest BCUT2D eigenvalue weighted by Gasteiger charge is -2.37. The minimum atomic E-state index is -0.719. The number of anilines is 1. The lowest BCUT2D eigenvalue weighted by molar-refractivity contribution is 0.00183. The number of nitrogens with one attached hydrogen (secondary N) is 1. The first-order valence-corrected chi connectivity index (χ1v) is 8.49. The van der Waals surface area contributed by atoms with Crippen LogP contribution >= 0.6 is 11.6 Å². The highest BCUT2D eigenvalue weighted by atomic mass is 35.5. The van der Waals surface area contributed by atoms with Crippen molar-refractivity contribution in [2.24, 2.45) is 0 Å². The van der Waals surface area contributed by atoms with E-state index in [0.29, 0.717) is 23.8 Å². The molecule has 2 aromatic rings. The van der Waals surface area contributed by atoms with E-state index in [9.17, 15) is 9.90 Å². The van der Waals surface area contributed by atoms with Crippen molar-refractivity contribution in [3.05, 3.63) is 53.4 Å². The summed E-state index contributed by atoms with van der Waals surface area (Å²) >= 11 is 5.90. The maximum absolute atomic E-state index is 12.0. The third kappa shape index (κ3) is 4.66. The number of carbonyl (C=O) groups is 1. The molecule has 1 amide bonds. The molecule has 7 nitrogen and oxygen atoms in total. The molecule has 1 fully saturated rings. The summed E-state index contributed by atoms with van der Waals surface area (Å²) in [5, 5.41) is 13.5. The van der Waals surface area contributed by atoms with Gasteiger partial charge in [0.05, 0.1) is 6.54 Å². The zero-order valence-electron chi connectivity index (χ0n) is 13.7. The molecule has 3 rings (SSSR count). The molecule has 132 valence electrons. The van der Waals surface area contributed by atoms with Crippen LogP contribution in [0.4, 0.5) is 5.82 Å². The Kier molecular flexibility index (Phi) is 5.80. The highest BCUT2D eigenvalue weighted by molar-refractivity contribution is 6.29. The smallest absolute Gasteiger partial charge is 0.251 e. The SMILES string of the molecule is O=C(NCC(O)N1CCN(c2cc(Cl)ncn2)CC1)c1ccccc1. The average Bonchev–Trinajstić information content (AvgIpc) is 2.66. The van der Waals surface area contributed by atoms with E-state index in [2.05, 4.69) is 20.2 Å². The number of aromatic nitrogens is 2. The van der Waals surface area contributed by atoms with E-state index in [1.54, 1.807) is 18.2 Å². The Morgan fingerprint density at radius 2 is 1.92 bits per heavy atom. The molecule has 2 N–H and O–H groups in total. The summed E-state index contributed by atoms with van der Waals surface area (Å²) < 4.78 is 0. The van der Waals surface area contributed by atoms with Gasteiger partial charge in [0, 0.05) is 37.8 Å². The van der Waals surface area contributed by atoms with Gasteiger partial charge in [-0.3, -0.25) is 9.69 Å². The fraction of sp³-hybridized carbons (Fsp3) is 0.353. The first-order chi connectivity index (χ1) is 12.1. The van der Waals surface area contributed by atoms with Crippen LogP contribution < -0.4 is 10.2 Å². The van der Waals surface area contributed by atoms with Crippen LogP contribution in [-0.4, -0.2) is 64.8 Å². The normalized spacial score (nSPS) is 16.5. The first kappa shape index (κ1) is 17.6. The quantitative estimate of drug-likeness (QED) is 0.773. The van der Waals surface area contributed by atoms with Crippen molar-refractivity contribution in [2.75, 3.05) is 37.6 Å². The molecule has 2 heterocycles. The topological polar surface area (TPSA) is 81.6 Å². The lowest BCUT2D eigenvalue weighted by Crippen LogP contribution is -2.53. The number of carbonyl (C=O) groups excluding carboxylic acids is 1. The van der Waals surface area contributed by atoms with Gasteiger partial charge in [0.25, 0.3) is 5.91 Å². The van der Waals surface area contributed by atoms with Crippen molar-refractivity contribution in [1.29, 1.82) is 0 Å². The molecule has 1 unspecified atom stereocenters. The van der Waals surface area contributed by atoms with Crippen LogP contribution in [0.25, 0.3) is 0 Å². The van der Waals surface area contributed by atoms with E-state index in [0.717, 1.165) is 18.9 Å². The van der Waals surface area contributed by atoms with Gasteiger partial charge in [0.2, 0.25) is 0 Å². The Bertz CT molecular complexity index is 707. The minimum Gasteiger partial charge on any atom is -0.377 e. The molecule has 0 radical (unpaired) electrons. The number of nitrogens with zero attached hydrogens (tertiary/aromatic N) is 4. The molecule has 1 aliphatic heterocycles. The summed E-state index contributed by atoms with van der Waals surface area (Å²) in [7, 11) is 0. The van der Waals surface area contributed by atoms with Gasteiger partial charge in [-0.15, -0.1) is 0 Å². The van der Waals surface area contributed by atoms with E-state index >= 15 is 0 Å². The van der Waals surface area contributed by atoms with Gasteiger partial charge < -0.3 is 15.3 Å². The molecule has 8 heteroatoms. The van der Waals surface area contributed by atoms with Crippen LogP contribution in [0.1, 0.15) is 10.4 Å².